The summed E-state index contributed by atoms with van der Waals surface area (Å²) in [5, 5.41) is 26.7. The van der Waals surface area contributed by atoms with Crippen LogP contribution in [-0.4, -0.2) is 54.6 Å². The number of benzene rings is 1. The van der Waals surface area contributed by atoms with E-state index in [1.54, 1.807) is 24.5 Å². The Hall–Kier alpha value is -4.04. The molecular weight excluding hydrogens is 453 g/mol. The lowest BCUT2D eigenvalue weighted by Gasteiger charge is -2.50. The van der Waals surface area contributed by atoms with E-state index < -0.39 is 5.41 Å². The van der Waals surface area contributed by atoms with Gasteiger partial charge in [0, 0.05) is 68.8 Å². The third-order valence-electron chi connectivity index (χ3n) is 6.95. The van der Waals surface area contributed by atoms with Crippen molar-refractivity contribution >= 4 is 23.7 Å². The van der Waals surface area contributed by atoms with Gasteiger partial charge in [0.05, 0.1) is 11.4 Å². The van der Waals surface area contributed by atoms with E-state index in [0.717, 1.165) is 46.9 Å². The van der Waals surface area contributed by atoms with Crippen LogP contribution in [-0.2, 0) is 0 Å². The largest absolute Gasteiger partial charge is 0.392 e. The molecule has 1 saturated heterocycles. The van der Waals surface area contributed by atoms with Gasteiger partial charge in [0.1, 0.15) is 5.82 Å². The monoisotopic (exact) mass is 485 g/mol. The molecular formula is C28H32FN7. The van der Waals surface area contributed by atoms with Gasteiger partial charge in [-0.2, -0.15) is 0 Å². The molecule has 1 unspecified atom stereocenters. The third kappa shape index (κ3) is 4.85. The Kier molecular flexibility index (Phi) is 7.45. The van der Waals surface area contributed by atoms with Gasteiger partial charge in [-0.05, 0) is 66.5 Å². The second-order valence-corrected chi connectivity index (χ2v) is 9.00. The molecule has 2 heterocycles. The number of hydrogen-bond acceptors (Lipinski definition) is 7. The van der Waals surface area contributed by atoms with Crippen LogP contribution in [0.1, 0.15) is 18.5 Å². The lowest BCUT2D eigenvalue weighted by molar-refractivity contribution is 0.000316. The van der Waals surface area contributed by atoms with Crippen LogP contribution in [0.2, 0.25) is 0 Å². The van der Waals surface area contributed by atoms with Gasteiger partial charge in [-0.1, -0.05) is 18.2 Å². The fourth-order valence-corrected chi connectivity index (χ4v) is 4.96. The van der Waals surface area contributed by atoms with E-state index in [9.17, 15) is 4.39 Å². The lowest BCUT2D eigenvalue weighted by atomic mass is 9.63. The Morgan fingerprint density at radius 2 is 2.00 bits per heavy atom. The Balaban J connectivity index is 1.75. The van der Waals surface area contributed by atoms with E-state index in [-0.39, 0.29) is 5.82 Å². The summed E-state index contributed by atoms with van der Waals surface area (Å²) < 4.78 is 13.4. The third-order valence-corrected chi connectivity index (χ3v) is 6.95. The number of allylic oxidation sites excluding steroid dienone is 3. The summed E-state index contributed by atoms with van der Waals surface area (Å²) in [7, 11) is 3.77. The van der Waals surface area contributed by atoms with Gasteiger partial charge in [-0.3, -0.25) is 4.98 Å². The summed E-state index contributed by atoms with van der Waals surface area (Å²) >= 11 is 0. The molecule has 8 heteroatoms. The summed E-state index contributed by atoms with van der Waals surface area (Å²) in [5.41, 5.74) is 5.65. The van der Waals surface area contributed by atoms with Gasteiger partial charge in [-0.15, -0.1) is 0 Å². The number of nitrogens with zero attached hydrogens (tertiary/aromatic N) is 3. The molecule has 1 aromatic heterocycles. The first-order chi connectivity index (χ1) is 17.4. The lowest BCUT2D eigenvalue weighted by Crippen LogP contribution is -2.52. The molecule has 2 aliphatic rings. The van der Waals surface area contributed by atoms with Crippen molar-refractivity contribution in [1.82, 2.24) is 20.3 Å². The Labute approximate surface area is 211 Å². The number of pyridine rings is 1. The van der Waals surface area contributed by atoms with Crippen molar-refractivity contribution in [3.05, 3.63) is 102 Å². The van der Waals surface area contributed by atoms with Crippen LogP contribution in [0.5, 0.6) is 0 Å². The molecule has 4 N–H and O–H groups in total. The maximum absolute atomic E-state index is 13.4. The quantitative estimate of drug-likeness (QED) is 0.382. The van der Waals surface area contributed by atoms with Crippen LogP contribution in [0.25, 0.3) is 5.57 Å². The smallest absolute Gasteiger partial charge is 0.123 e. The summed E-state index contributed by atoms with van der Waals surface area (Å²) in [4.78, 5) is 4.60. The van der Waals surface area contributed by atoms with Crippen molar-refractivity contribution < 1.29 is 4.39 Å². The molecule has 0 radical (unpaired) electrons. The van der Waals surface area contributed by atoms with Crippen molar-refractivity contribution in [2.75, 3.05) is 32.5 Å². The van der Waals surface area contributed by atoms with Gasteiger partial charge in [-0.25, -0.2) is 9.40 Å². The summed E-state index contributed by atoms with van der Waals surface area (Å²) in [5.74, 6) is -0.289. The average Bonchev–Trinajstić information content (AvgIpc) is 2.92. The van der Waals surface area contributed by atoms with E-state index in [2.05, 4.69) is 33.3 Å². The number of aromatic nitrogens is 1. The molecule has 0 spiro atoms. The SMILES string of the molecule is C=C(c1ccccn1)C12CC(C=N)=C(Nc3ccc(F)cc3)C=C1CCN(N(C)/C(C=N)=C/NC)C2. The zero-order valence-corrected chi connectivity index (χ0v) is 20.7. The van der Waals surface area contributed by atoms with E-state index in [1.165, 1.54) is 30.1 Å². The van der Waals surface area contributed by atoms with Crippen molar-refractivity contribution in [3.8, 4) is 0 Å². The molecule has 1 aliphatic carbocycles. The van der Waals surface area contributed by atoms with Crippen molar-refractivity contribution in [1.29, 1.82) is 10.8 Å². The predicted octanol–water partition coefficient (Wildman–Crippen LogP) is 4.83. The van der Waals surface area contributed by atoms with Crippen LogP contribution in [0, 0.1) is 22.1 Å². The highest BCUT2D eigenvalue weighted by Gasteiger charge is 2.46. The summed E-state index contributed by atoms with van der Waals surface area (Å²) in [6.07, 6.45) is 9.76. The molecule has 1 aliphatic heterocycles. The molecule has 36 heavy (non-hydrogen) atoms. The number of anilines is 1. The standard InChI is InChI=1S/C28H32FN7/c1-20(26-6-4-5-12-33-26)28-15-21(16-30)27(34-24-9-7-23(29)8-10-24)14-22(28)11-13-36(19-28)35(3)25(17-31)18-32-2/h4-10,12,14,16-18,30-32,34H,1,11,13,15,19H2,2-3H3/b25-18+,30-16?,31-17?. The van der Waals surface area contributed by atoms with Crippen LogP contribution < -0.4 is 10.6 Å². The van der Waals surface area contributed by atoms with E-state index in [0.29, 0.717) is 13.0 Å². The van der Waals surface area contributed by atoms with Crippen molar-refractivity contribution in [3.63, 3.8) is 0 Å². The van der Waals surface area contributed by atoms with Crippen LogP contribution in [0.3, 0.4) is 0 Å². The fraction of sp³-hybridized carbons (Fsp3) is 0.250. The second-order valence-electron chi connectivity index (χ2n) is 9.00. The first-order valence-electron chi connectivity index (χ1n) is 11.9. The Morgan fingerprint density at radius 1 is 1.22 bits per heavy atom. The molecule has 7 nitrogen and oxygen atoms in total. The van der Waals surface area contributed by atoms with Crippen molar-refractivity contribution in [2.45, 2.75) is 12.8 Å². The number of piperidine rings is 1. The first kappa shape index (κ1) is 25.1. The van der Waals surface area contributed by atoms with E-state index in [1.807, 2.05) is 37.3 Å². The van der Waals surface area contributed by atoms with Gasteiger partial charge in [0.15, 0.2) is 0 Å². The maximum atomic E-state index is 13.4. The van der Waals surface area contributed by atoms with Crippen molar-refractivity contribution in [2.24, 2.45) is 5.41 Å². The minimum atomic E-state index is -0.478. The van der Waals surface area contributed by atoms with Gasteiger partial charge < -0.3 is 26.5 Å². The van der Waals surface area contributed by atoms with Gasteiger partial charge >= 0.3 is 0 Å². The van der Waals surface area contributed by atoms with Crippen LogP contribution in [0.15, 0.2) is 90.1 Å². The van der Waals surface area contributed by atoms with Gasteiger partial charge in [0.25, 0.3) is 0 Å². The van der Waals surface area contributed by atoms with E-state index >= 15 is 0 Å². The molecule has 0 bridgehead atoms. The fourth-order valence-electron chi connectivity index (χ4n) is 4.96. The number of hydrazine groups is 1. The number of rotatable bonds is 9. The first-order valence-corrected chi connectivity index (χ1v) is 11.9. The maximum Gasteiger partial charge on any atom is 0.123 e. The molecule has 1 fully saturated rings. The highest BCUT2D eigenvalue weighted by atomic mass is 19.1. The highest BCUT2D eigenvalue weighted by Crippen LogP contribution is 2.52. The molecule has 0 saturated carbocycles. The molecule has 0 amide bonds. The molecule has 4 rings (SSSR count). The number of halogens is 1. The molecule has 186 valence electrons. The second kappa shape index (κ2) is 10.7. The van der Waals surface area contributed by atoms with Crippen LogP contribution in [0.4, 0.5) is 10.1 Å². The number of fused-ring (bicyclic) bond motifs is 1. The average molecular weight is 486 g/mol. The van der Waals surface area contributed by atoms with Gasteiger partial charge in [0.2, 0.25) is 0 Å². The normalized spacial score (nSPS) is 20.2. The Bertz CT molecular complexity index is 1230. The molecule has 1 aromatic carbocycles. The topological polar surface area (TPSA) is 91.1 Å². The number of nitrogens with one attached hydrogen (secondary N) is 4. The minimum Gasteiger partial charge on any atom is -0.392 e. The highest BCUT2D eigenvalue weighted by molar-refractivity contribution is 5.84. The number of hydrogen-bond donors (Lipinski definition) is 4. The zero-order chi connectivity index (χ0) is 25.7. The summed E-state index contributed by atoms with van der Waals surface area (Å²) in [6, 6.07) is 12.1. The van der Waals surface area contributed by atoms with Crippen LogP contribution >= 0.6 is 0 Å². The predicted molar refractivity (Wildman–Crippen MR) is 144 cm³/mol. The zero-order valence-electron chi connectivity index (χ0n) is 20.7. The Morgan fingerprint density at radius 3 is 2.64 bits per heavy atom. The molecule has 1 atom stereocenters. The summed E-state index contributed by atoms with van der Waals surface area (Å²) in [6.45, 7) is 5.91. The molecule has 2 aromatic rings. The minimum absolute atomic E-state index is 0.289. The van der Waals surface area contributed by atoms with E-state index in [4.69, 9.17) is 10.8 Å².